The number of carbonyl (C=O) groups excluding carboxylic acids is 1. The third-order valence-electron chi connectivity index (χ3n) is 3.41. The van der Waals surface area contributed by atoms with Crippen molar-refractivity contribution in [2.24, 2.45) is 0 Å². The zero-order chi connectivity index (χ0) is 15.8. The number of carbonyl (C=O) groups is 1. The van der Waals surface area contributed by atoms with Gasteiger partial charge in [0, 0.05) is 6.54 Å². The number of fused-ring (bicyclic) bond motifs is 2. The highest BCUT2D eigenvalue weighted by Crippen LogP contribution is 2.32. The molecule has 0 saturated carbocycles. The number of nitrogens with one attached hydrogen (secondary N) is 1. The lowest BCUT2D eigenvalue weighted by Crippen LogP contribution is -2.23. The minimum absolute atomic E-state index is 0.224. The van der Waals surface area contributed by atoms with Crippen LogP contribution in [0.1, 0.15) is 16.1 Å². The molecule has 0 spiro atoms. The van der Waals surface area contributed by atoms with Gasteiger partial charge in [-0.05, 0) is 29.8 Å². The van der Waals surface area contributed by atoms with Crippen LogP contribution in [0.25, 0.3) is 5.65 Å². The molecule has 1 aromatic carbocycles. The molecule has 0 radical (unpaired) electrons. The zero-order valence-electron chi connectivity index (χ0n) is 11.8. The van der Waals surface area contributed by atoms with Gasteiger partial charge in [0.15, 0.2) is 17.1 Å². The smallest absolute Gasteiger partial charge is 0.271 e. The fourth-order valence-corrected chi connectivity index (χ4v) is 2.44. The highest BCUT2D eigenvalue weighted by molar-refractivity contribution is 6.29. The van der Waals surface area contributed by atoms with E-state index in [1.807, 2.05) is 18.2 Å². The molecule has 4 rings (SSSR count). The van der Waals surface area contributed by atoms with Gasteiger partial charge < -0.3 is 14.8 Å². The summed E-state index contributed by atoms with van der Waals surface area (Å²) in [6.45, 7) is 0.583. The first-order chi connectivity index (χ1) is 11.2. The number of benzene rings is 1. The van der Waals surface area contributed by atoms with E-state index >= 15 is 0 Å². The summed E-state index contributed by atoms with van der Waals surface area (Å²) in [4.78, 5) is 16.4. The second-order valence-electron chi connectivity index (χ2n) is 4.96. The molecule has 0 bridgehead atoms. The van der Waals surface area contributed by atoms with Crippen molar-refractivity contribution in [3.63, 3.8) is 0 Å². The van der Waals surface area contributed by atoms with E-state index in [4.69, 9.17) is 21.1 Å². The molecular formula is C15H11ClN4O3. The number of imidazole rings is 1. The van der Waals surface area contributed by atoms with Gasteiger partial charge in [-0.2, -0.15) is 5.10 Å². The van der Waals surface area contributed by atoms with Gasteiger partial charge in [-0.15, -0.1) is 0 Å². The average Bonchev–Trinajstić information content (AvgIpc) is 3.17. The number of aromatic nitrogens is 3. The fraction of sp³-hybridized carbons (Fsp3) is 0.133. The molecule has 116 valence electrons. The Labute approximate surface area is 135 Å². The monoisotopic (exact) mass is 330 g/mol. The lowest BCUT2D eigenvalue weighted by atomic mass is 10.2. The van der Waals surface area contributed by atoms with Crippen molar-refractivity contribution in [2.45, 2.75) is 6.54 Å². The van der Waals surface area contributed by atoms with E-state index in [2.05, 4.69) is 15.4 Å². The summed E-state index contributed by atoms with van der Waals surface area (Å²) < 4.78 is 12.0. The van der Waals surface area contributed by atoms with Gasteiger partial charge in [-0.25, -0.2) is 9.50 Å². The molecule has 0 atom stereocenters. The van der Waals surface area contributed by atoms with E-state index in [1.54, 1.807) is 12.1 Å². The maximum Gasteiger partial charge on any atom is 0.271 e. The van der Waals surface area contributed by atoms with Gasteiger partial charge in [0.25, 0.3) is 5.91 Å². The third kappa shape index (κ3) is 2.66. The molecule has 1 amide bonds. The molecule has 1 N–H and O–H groups in total. The minimum Gasteiger partial charge on any atom is -0.454 e. The number of ether oxygens (including phenoxy) is 2. The lowest BCUT2D eigenvalue weighted by Gasteiger charge is -2.04. The Balaban J connectivity index is 1.48. The van der Waals surface area contributed by atoms with Crippen molar-refractivity contribution in [1.29, 1.82) is 0 Å². The quantitative estimate of drug-likeness (QED) is 0.795. The number of amides is 1. The molecule has 7 nitrogen and oxygen atoms in total. The molecule has 1 aliphatic heterocycles. The van der Waals surface area contributed by atoms with Crippen LogP contribution in [0.2, 0.25) is 5.15 Å². The summed E-state index contributed by atoms with van der Waals surface area (Å²) >= 11 is 5.81. The lowest BCUT2D eigenvalue weighted by molar-refractivity contribution is 0.0946. The van der Waals surface area contributed by atoms with Gasteiger partial charge >= 0.3 is 0 Å². The van der Waals surface area contributed by atoms with Crippen LogP contribution < -0.4 is 14.8 Å². The van der Waals surface area contributed by atoms with Crippen LogP contribution in [-0.4, -0.2) is 27.3 Å². The van der Waals surface area contributed by atoms with E-state index in [9.17, 15) is 4.79 Å². The summed E-state index contributed by atoms with van der Waals surface area (Å²) in [6.07, 6.45) is 1.54. The summed E-state index contributed by atoms with van der Waals surface area (Å²) in [7, 11) is 0. The number of hydrogen-bond donors (Lipinski definition) is 1. The highest BCUT2D eigenvalue weighted by Gasteiger charge is 2.15. The second kappa shape index (κ2) is 5.44. The summed E-state index contributed by atoms with van der Waals surface area (Å²) in [6, 6.07) is 8.86. The minimum atomic E-state index is -0.288. The first-order valence-corrected chi connectivity index (χ1v) is 7.25. The van der Waals surface area contributed by atoms with E-state index in [0.29, 0.717) is 28.8 Å². The topological polar surface area (TPSA) is 77.8 Å². The number of hydrogen-bond acceptors (Lipinski definition) is 5. The number of rotatable bonds is 3. The van der Waals surface area contributed by atoms with E-state index in [0.717, 1.165) is 5.56 Å². The summed E-state index contributed by atoms with van der Waals surface area (Å²) in [5.41, 5.74) is 1.75. The Bertz CT molecular complexity index is 909. The molecule has 0 aliphatic carbocycles. The van der Waals surface area contributed by atoms with Crippen LogP contribution in [0, 0.1) is 0 Å². The van der Waals surface area contributed by atoms with Gasteiger partial charge in [0.05, 0.1) is 6.20 Å². The molecule has 3 heterocycles. The van der Waals surface area contributed by atoms with Crippen LogP contribution in [0.3, 0.4) is 0 Å². The second-order valence-corrected chi connectivity index (χ2v) is 5.34. The maximum atomic E-state index is 12.2. The molecule has 1 aliphatic rings. The summed E-state index contributed by atoms with van der Waals surface area (Å²) in [5.74, 6) is 1.11. The van der Waals surface area contributed by atoms with Crippen molar-refractivity contribution in [3.05, 3.63) is 52.9 Å². The van der Waals surface area contributed by atoms with Gasteiger partial charge in [0.2, 0.25) is 6.79 Å². The van der Waals surface area contributed by atoms with Crippen LogP contribution in [0.15, 0.2) is 36.5 Å². The zero-order valence-corrected chi connectivity index (χ0v) is 12.6. The molecule has 0 unspecified atom stereocenters. The Morgan fingerprint density at radius 2 is 2.13 bits per heavy atom. The number of nitrogens with zero attached hydrogens (tertiary/aromatic N) is 3. The van der Waals surface area contributed by atoms with E-state index in [-0.39, 0.29) is 18.4 Å². The largest absolute Gasteiger partial charge is 0.454 e. The molecule has 2 aromatic heterocycles. The Morgan fingerprint density at radius 3 is 3.04 bits per heavy atom. The van der Waals surface area contributed by atoms with Gasteiger partial charge in [-0.1, -0.05) is 17.7 Å². The van der Waals surface area contributed by atoms with Crippen molar-refractivity contribution < 1.29 is 14.3 Å². The van der Waals surface area contributed by atoms with Gasteiger partial charge in [-0.3, -0.25) is 4.79 Å². The molecule has 3 aromatic rings. The van der Waals surface area contributed by atoms with Crippen LogP contribution in [0.4, 0.5) is 0 Å². The third-order valence-corrected chi connectivity index (χ3v) is 3.61. The Morgan fingerprint density at radius 1 is 1.26 bits per heavy atom. The number of halogens is 1. The summed E-state index contributed by atoms with van der Waals surface area (Å²) in [5, 5.41) is 7.19. The molecule has 23 heavy (non-hydrogen) atoms. The standard InChI is InChI=1S/C15H11ClN4O3/c16-13-3-4-14-18-10(7-20(14)19-13)15(21)17-6-9-1-2-11-12(5-9)23-8-22-11/h1-5,7H,6,8H2,(H,17,21). The molecular weight excluding hydrogens is 320 g/mol. The van der Waals surface area contributed by atoms with Crippen molar-refractivity contribution in [1.82, 2.24) is 19.9 Å². The average molecular weight is 331 g/mol. The van der Waals surface area contributed by atoms with Gasteiger partial charge in [0.1, 0.15) is 10.8 Å². The molecule has 0 fully saturated rings. The first-order valence-electron chi connectivity index (χ1n) is 6.88. The predicted octanol–water partition coefficient (Wildman–Crippen LogP) is 2.04. The Kier molecular flexibility index (Phi) is 3.27. The van der Waals surface area contributed by atoms with Crippen LogP contribution in [0.5, 0.6) is 11.5 Å². The van der Waals surface area contributed by atoms with Crippen LogP contribution >= 0.6 is 11.6 Å². The van der Waals surface area contributed by atoms with E-state index < -0.39 is 0 Å². The highest BCUT2D eigenvalue weighted by atomic mass is 35.5. The fourth-order valence-electron chi connectivity index (χ4n) is 2.29. The first kappa shape index (κ1) is 13.8. The van der Waals surface area contributed by atoms with Crippen molar-refractivity contribution in [2.75, 3.05) is 6.79 Å². The van der Waals surface area contributed by atoms with Crippen LogP contribution in [-0.2, 0) is 6.54 Å². The molecule has 8 heteroatoms. The van der Waals surface area contributed by atoms with Crippen molar-refractivity contribution >= 4 is 23.2 Å². The normalized spacial score (nSPS) is 12.6. The van der Waals surface area contributed by atoms with Crippen molar-refractivity contribution in [3.8, 4) is 11.5 Å². The SMILES string of the molecule is O=C(NCc1ccc2c(c1)OCO2)c1cn2nc(Cl)ccc2n1. The van der Waals surface area contributed by atoms with E-state index in [1.165, 1.54) is 10.7 Å². The molecule has 0 saturated heterocycles. The predicted molar refractivity (Wildman–Crippen MR) is 81.7 cm³/mol. The Hall–Kier alpha value is -2.80. The maximum absolute atomic E-state index is 12.2.